The van der Waals surface area contributed by atoms with Crippen molar-refractivity contribution in [2.24, 2.45) is 0 Å². The molecule has 0 saturated carbocycles. The zero-order valence-electron chi connectivity index (χ0n) is 16.0. The highest BCUT2D eigenvalue weighted by atomic mass is 32.2. The van der Waals surface area contributed by atoms with Gasteiger partial charge in [0.1, 0.15) is 0 Å². The van der Waals surface area contributed by atoms with Gasteiger partial charge in [-0.25, -0.2) is 0 Å². The van der Waals surface area contributed by atoms with E-state index >= 15 is 0 Å². The Hall–Kier alpha value is -2.60. The van der Waals surface area contributed by atoms with Crippen LogP contribution in [-0.4, -0.2) is 36.6 Å². The topological polar surface area (TPSA) is 72.5 Å². The number of nitrogens with one attached hydrogen (secondary N) is 1. The van der Waals surface area contributed by atoms with Gasteiger partial charge in [0.05, 0.1) is 6.42 Å². The fourth-order valence-electron chi connectivity index (χ4n) is 2.38. The van der Waals surface area contributed by atoms with E-state index in [1.165, 1.54) is 4.90 Å². The van der Waals surface area contributed by atoms with E-state index < -0.39 is 5.97 Å². The van der Waals surface area contributed by atoms with Crippen LogP contribution < -0.4 is 5.32 Å². The molecule has 0 spiro atoms. The molecule has 2 aromatic carbocycles. The average Bonchev–Trinajstić information content (AvgIpc) is 2.71. The van der Waals surface area contributed by atoms with E-state index in [1.54, 1.807) is 23.9 Å². The van der Waals surface area contributed by atoms with Crippen molar-refractivity contribution in [2.75, 3.05) is 18.9 Å². The van der Waals surface area contributed by atoms with Gasteiger partial charge in [-0.1, -0.05) is 48.0 Å². The summed E-state index contributed by atoms with van der Waals surface area (Å²) in [4.78, 5) is 36.6. The molecule has 0 radical (unpaired) electrons. The summed E-state index contributed by atoms with van der Waals surface area (Å²) in [7, 11) is 0. The first-order valence-corrected chi connectivity index (χ1v) is 10.2. The first-order valence-electron chi connectivity index (χ1n) is 9.24. The van der Waals surface area contributed by atoms with Crippen LogP contribution in [0.5, 0.6) is 0 Å². The Morgan fingerprint density at radius 3 is 2.39 bits per heavy atom. The van der Waals surface area contributed by atoms with Gasteiger partial charge in [0.15, 0.2) is 12.4 Å². The molecular formula is C22H25NO4S. The molecule has 2 aromatic rings. The highest BCUT2D eigenvalue weighted by Crippen LogP contribution is 2.17. The number of Topliss-reactive ketones (excluding diaryl/α,β-unsaturated/α-hetero) is 1. The summed E-state index contributed by atoms with van der Waals surface area (Å²) in [5.74, 6) is -0.0962. The quantitative estimate of drug-likeness (QED) is 0.269. The molecule has 28 heavy (non-hydrogen) atoms. The van der Waals surface area contributed by atoms with Crippen LogP contribution >= 0.6 is 11.8 Å². The highest BCUT2D eigenvalue weighted by Gasteiger charge is 2.11. The molecule has 148 valence electrons. The maximum absolute atomic E-state index is 12.0. The van der Waals surface area contributed by atoms with Gasteiger partial charge in [-0.3, -0.25) is 14.4 Å². The molecule has 0 aliphatic rings. The number of thioether (sulfide) groups is 1. The molecule has 0 aromatic heterocycles. The van der Waals surface area contributed by atoms with Crippen molar-refractivity contribution >= 4 is 29.4 Å². The van der Waals surface area contributed by atoms with Gasteiger partial charge in [-0.05, 0) is 31.2 Å². The fraction of sp³-hybridized carbons (Fsp3) is 0.318. The molecule has 0 fully saturated rings. The largest absolute Gasteiger partial charge is 0.456 e. The van der Waals surface area contributed by atoms with Crippen LogP contribution in [0.15, 0.2) is 59.5 Å². The maximum Gasteiger partial charge on any atom is 0.306 e. The molecule has 0 bridgehead atoms. The lowest BCUT2D eigenvalue weighted by Gasteiger charge is -2.07. The van der Waals surface area contributed by atoms with E-state index in [1.807, 2.05) is 49.4 Å². The Balaban J connectivity index is 1.53. The molecule has 5 nitrogen and oxygen atoms in total. The number of hydrogen-bond acceptors (Lipinski definition) is 5. The predicted octanol–water partition coefficient (Wildman–Crippen LogP) is 3.80. The second kappa shape index (κ2) is 12.0. The Morgan fingerprint density at radius 1 is 0.964 bits per heavy atom. The zero-order valence-corrected chi connectivity index (χ0v) is 16.8. The van der Waals surface area contributed by atoms with Gasteiger partial charge >= 0.3 is 5.97 Å². The lowest BCUT2D eigenvalue weighted by atomic mass is 10.1. The summed E-state index contributed by atoms with van der Waals surface area (Å²) >= 11 is 1.73. The lowest BCUT2D eigenvalue weighted by Crippen LogP contribution is -2.29. The highest BCUT2D eigenvalue weighted by molar-refractivity contribution is 7.99. The Bertz CT molecular complexity index is 775. The number of carbonyl (C=O) groups excluding carboxylic acids is 3. The first kappa shape index (κ1) is 21.7. The monoisotopic (exact) mass is 399 g/mol. The summed E-state index contributed by atoms with van der Waals surface area (Å²) in [6, 6.07) is 17.3. The summed E-state index contributed by atoms with van der Waals surface area (Å²) in [5, 5.41) is 2.72. The summed E-state index contributed by atoms with van der Waals surface area (Å²) in [6.45, 7) is 2.16. The van der Waals surface area contributed by atoms with Gasteiger partial charge in [0, 0.05) is 23.4 Å². The molecule has 2 rings (SSSR count). The number of ketones is 1. The molecule has 0 atom stereocenters. The van der Waals surface area contributed by atoms with Crippen molar-refractivity contribution in [3.63, 3.8) is 0 Å². The smallest absolute Gasteiger partial charge is 0.306 e. The van der Waals surface area contributed by atoms with Crippen LogP contribution in [-0.2, 0) is 14.3 Å². The van der Waals surface area contributed by atoms with E-state index in [0.717, 1.165) is 17.7 Å². The van der Waals surface area contributed by atoms with Crippen LogP contribution in [0.1, 0.15) is 35.2 Å². The standard InChI is InChI=1S/C22H25NO4S/c1-17-8-10-18(11-9-17)20(24)12-13-22(26)27-16-21(25)23-14-5-15-28-19-6-3-2-4-7-19/h2-4,6-11H,5,12-16H2,1H3,(H,23,25). The summed E-state index contributed by atoms with van der Waals surface area (Å²) < 4.78 is 4.93. The minimum atomic E-state index is -0.546. The van der Waals surface area contributed by atoms with Crippen LogP contribution in [0.2, 0.25) is 0 Å². The molecule has 1 amide bonds. The van der Waals surface area contributed by atoms with Crippen molar-refractivity contribution in [1.82, 2.24) is 5.32 Å². The molecule has 0 saturated heterocycles. The third-order valence-corrected chi connectivity index (χ3v) is 5.05. The van der Waals surface area contributed by atoms with Crippen LogP contribution in [0.3, 0.4) is 0 Å². The van der Waals surface area contributed by atoms with E-state index in [4.69, 9.17) is 4.74 Å². The van der Waals surface area contributed by atoms with Crippen LogP contribution in [0, 0.1) is 6.92 Å². The van der Waals surface area contributed by atoms with Gasteiger partial charge in [-0.15, -0.1) is 11.8 Å². The Kier molecular flexibility index (Phi) is 9.28. The second-order valence-electron chi connectivity index (χ2n) is 6.31. The number of hydrogen-bond donors (Lipinski definition) is 1. The molecule has 0 unspecified atom stereocenters. The van der Waals surface area contributed by atoms with E-state index in [2.05, 4.69) is 5.32 Å². The fourth-order valence-corrected chi connectivity index (χ4v) is 3.25. The van der Waals surface area contributed by atoms with E-state index in [0.29, 0.717) is 12.1 Å². The number of aryl methyl sites for hydroxylation is 1. The van der Waals surface area contributed by atoms with Crippen LogP contribution in [0.4, 0.5) is 0 Å². The predicted molar refractivity (Wildman–Crippen MR) is 110 cm³/mol. The van der Waals surface area contributed by atoms with Gasteiger partial charge in [0.2, 0.25) is 0 Å². The number of amides is 1. The van der Waals surface area contributed by atoms with Crippen LogP contribution in [0.25, 0.3) is 0 Å². The van der Waals surface area contributed by atoms with Gasteiger partial charge in [0.25, 0.3) is 5.91 Å². The first-order chi connectivity index (χ1) is 13.5. The lowest BCUT2D eigenvalue weighted by molar-refractivity contribution is -0.148. The van der Waals surface area contributed by atoms with E-state index in [-0.39, 0.29) is 31.1 Å². The number of ether oxygens (including phenoxy) is 1. The minimum Gasteiger partial charge on any atom is -0.456 e. The molecule has 0 aliphatic carbocycles. The zero-order chi connectivity index (χ0) is 20.2. The second-order valence-corrected chi connectivity index (χ2v) is 7.48. The van der Waals surface area contributed by atoms with Crippen molar-refractivity contribution in [1.29, 1.82) is 0 Å². The molecule has 1 N–H and O–H groups in total. The average molecular weight is 400 g/mol. The van der Waals surface area contributed by atoms with Crippen molar-refractivity contribution < 1.29 is 19.1 Å². The summed E-state index contributed by atoms with van der Waals surface area (Å²) in [6.07, 6.45) is 0.859. The number of rotatable bonds is 11. The number of carbonyl (C=O) groups is 3. The molecule has 0 heterocycles. The van der Waals surface area contributed by atoms with Crippen molar-refractivity contribution in [2.45, 2.75) is 31.1 Å². The summed E-state index contributed by atoms with van der Waals surface area (Å²) in [5.41, 5.74) is 1.64. The SMILES string of the molecule is Cc1ccc(C(=O)CCC(=O)OCC(=O)NCCCSc2ccccc2)cc1. The third-order valence-electron chi connectivity index (χ3n) is 3.95. The van der Waals surface area contributed by atoms with Gasteiger partial charge in [-0.2, -0.15) is 0 Å². The molecular weight excluding hydrogens is 374 g/mol. The number of esters is 1. The van der Waals surface area contributed by atoms with Gasteiger partial charge < -0.3 is 10.1 Å². The van der Waals surface area contributed by atoms with E-state index in [9.17, 15) is 14.4 Å². The molecule has 6 heteroatoms. The van der Waals surface area contributed by atoms with Crippen molar-refractivity contribution in [3.05, 3.63) is 65.7 Å². The third kappa shape index (κ3) is 8.39. The van der Waals surface area contributed by atoms with Crippen molar-refractivity contribution in [3.8, 4) is 0 Å². The maximum atomic E-state index is 12.0. The number of benzene rings is 2. The molecule has 0 aliphatic heterocycles. The Morgan fingerprint density at radius 2 is 1.68 bits per heavy atom. The normalized spacial score (nSPS) is 10.3. The minimum absolute atomic E-state index is 0.0340. The Labute approximate surface area is 169 Å².